The Hall–Kier alpha value is -1.96. The maximum Gasteiger partial charge on any atom is 0.244 e. The fourth-order valence-corrected chi connectivity index (χ4v) is 2.48. The number of hydrogen-bond donors (Lipinski definition) is 3. The lowest BCUT2D eigenvalue weighted by Crippen LogP contribution is -2.42. The number of nitrogens with one attached hydrogen (secondary N) is 3. The van der Waals surface area contributed by atoms with Crippen LogP contribution < -0.4 is 16.2 Å². The highest BCUT2D eigenvalue weighted by atomic mass is 32.1. The normalized spacial score (nSPS) is 13.8. The van der Waals surface area contributed by atoms with Gasteiger partial charge in [-0.2, -0.15) is 0 Å². The van der Waals surface area contributed by atoms with Crippen molar-refractivity contribution in [1.82, 2.24) is 15.8 Å². The molecule has 1 heterocycles. The van der Waals surface area contributed by atoms with Gasteiger partial charge in [0, 0.05) is 17.7 Å². The molecule has 0 atom stereocenters. The summed E-state index contributed by atoms with van der Waals surface area (Å²) in [5.41, 5.74) is 5.28. The quantitative estimate of drug-likeness (QED) is 0.685. The molecule has 1 aromatic rings. The first-order valence-corrected chi connectivity index (χ1v) is 8.15. The van der Waals surface area contributed by atoms with Gasteiger partial charge in [0.2, 0.25) is 17.7 Å². The molecular formula is C14H20N4O3S. The molecule has 0 aliphatic heterocycles. The Bertz CT molecular complexity index is 566. The van der Waals surface area contributed by atoms with Crippen LogP contribution in [0.2, 0.25) is 0 Å². The molecule has 0 radical (unpaired) electrons. The van der Waals surface area contributed by atoms with E-state index in [1.165, 1.54) is 11.3 Å². The highest BCUT2D eigenvalue weighted by Crippen LogP contribution is 2.30. The molecule has 1 aliphatic rings. The Morgan fingerprint density at radius 1 is 1.27 bits per heavy atom. The molecule has 1 aliphatic carbocycles. The molecular weight excluding hydrogens is 304 g/mol. The van der Waals surface area contributed by atoms with Crippen LogP contribution in [0.15, 0.2) is 5.38 Å². The Morgan fingerprint density at radius 3 is 2.59 bits per heavy atom. The van der Waals surface area contributed by atoms with Crippen LogP contribution in [0.1, 0.15) is 38.8 Å². The molecule has 0 bridgehead atoms. The maximum atomic E-state index is 11.7. The zero-order valence-corrected chi connectivity index (χ0v) is 13.5. The standard InChI is InChI=1S/C14H20N4O3S/c1-8(2)5-11(19)17-18-12(20)6-10-7-22-14(15-10)16-13(21)9-3-4-9/h7-9H,3-6H2,1-2H3,(H,17,19)(H,18,20)(H,15,16,21). The van der Waals surface area contributed by atoms with Gasteiger partial charge in [-0.25, -0.2) is 4.98 Å². The minimum atomic E-state index is -0.345. The summed E-state index contributed by atoms with van der Waals surface area (Å²) in [6.07, 6.45) is 2.27. The number of hydrogen-bond acceptors (Lipinski definition) is 5. The maximum absolute atomic E-state index is 11.7. The third kappa shape index (κ3) is 5.44. The Balaban J connectivity index is 1.73. The number of carbonyl (C=O) groups excluding carboxylic acids is 3. The van der Waals surface area contributed by atoms with E-state index in [9.17, 15) is 14.4 Å². The largest absolute Gasteiger partial charge is 0.302 e. The zero-order valence-electron chi connectivity index (χ0n) is 12.6. The molecule has 22 heavy (non-hydrogen) atoms. The van der Waals surface area contributed by atoms with E-state index < -0.39 is 0 Å². The third-order valence-electron chi connectivity index (χ3n) is 3.01. The number of hydrazine groups is 1. The summed E-state index contributed by atoms with van der Waals surface area (Å²) in [7, 11) is 0. The van der Waals surface area contributed by atoms with Crippen molar-refractivity contribution in [3.8, 4) is 0 Å². The predicted molar refractivity (Wildman–Crippen MR) is 82.9 cm³/mol. The number of thiazole rings is 1. The van der Waals surface area contributed by atoms with Crippen molar-refractivity contribution >= 4 is 34.2 Å². The van der Waals surface area contributed by atoms with Crippen LogP contribution in [-0.4, -0.2) is 22.7 Å². The summed E-state index contributed by atoms with van der Waals surface area (Å²) >= 11 is 1.29. The summed E-state index contributed by atoms with van der Waals surface area (Å²) < 4.78 is 0. The Labute approximate surface area is 132 Å². The van der Waals surface area contributed by atoms with Crippen LogP contribution in [-0.2, 0) is 20.8 Å². The van der Waals surface area contributed by atoms with E-state index in [-0.39, 0.29) is 36.0 Å². The van der Waals surface area contributed by atoms with Crippen molar-refractivity contribution in [2.75, 3.05) is 5.32 Å². The first-order valence-electron chi connectivity index (χ1n) is 7.27. The number of aromatic nitrogens is 1. The summed E-state index contributed by atoms with van der Waals surface area (Å²) in [4.78, 5) is 38.9. The molecule has 0 saturated heterocycles. The van der Waals surface area contributed by atoms with Gasteiger partial charge in [-0.3, -0.25) is 25.2 Å². The lowest BCUT2D eigenvalue weighted by molar-refractivity contribution is -0.129. The van der Waals surface area contributed by atoms with E-state index in [2.05, 4.69) is 21.2 Å². The smallest absolute Gasteiger partial charge is 0.244 e. The second-order valence-corrected chi connectivity index (χ2v) is 6.64. The highest BCUT2D eigenvalue weighted by molar-refractivity contribution is 7.13. The molecule has 3 amide bonds. The van der Waals surface area contributed by atoms with Crippen LogP contribution in [0.5, 0.6) is 0 Å². The SMILES string of the molecule is CC(C)CC(=O)NNC(=O)Cc1csc(NC(=O)C2CC2)n1. The number of anilines is 1. The average molecular weight is 324 g/mol. The van der Waals surface area contributed by atoms with E-state index in [0.29, 0.717) is 17.2 Å². The summed E-state index contributed by atoms with van der Waals surface area (Å²) in [5.74, 6) is -0.229. The van der Waals surface area contributed by atoms with Gasteiger partial charge in [-0.15, -0.1) is 11.3 Å². The van der Waals surface area contributed by atoms with Gasteiger partial charge in [0.15, 0.2) is 5.13 Å². The number of rotatable bonds is 6. The summed E-state index contributed by atoms with van der Waals surface area (Å²) in [5, 5.41) is 4.96. The van der Waals surface area contributed by atoms with Crippen molar-refractivity contribution in [2.24, 2.45) is 11.8 Å². The average Bonchev–Trinajstić information content (AvgIpc) is 3.19. The predicted octanol–water partition coefficient (Wildman–Crippen LogP) is 1.23. The molecule has 1 aromatic heterocycles. The number of amides is 3. The van der Waals surface area contributed by atoms with Gasteiger partial charge in [0.1, 0.15) is 0 Å². The van der Waals surface area contributed by atoms with Crippen molar-refractivity contribution < 1.29 is 14.4 Å². The van der Waals surface area contributed by atoms with Crippen LogP contribution in [0.3, 0.4) is 0 Å². The third-order valence-corrected chi connectivity index (χ3v) is 3.81. The molecule has 0 aromatic carbocycles. The van der Waals surface area contributed by atoms with Crippen molar-refractivity contribution in [1.29, 1.82) is 0 Å². The van der Waals surface area contributed by atoms with E-state index in [1.54, 1.807) is 5.38 Å². The highest BCUT2D eigenvalue weighted by Gasteiger charge is 2.30. The minimum Gasteiger partial charge on any atom is -0.302 e. The van der Waals surface area contributed by atoms with Gasteiger partial charge in [-0.1, -0.05) is 13.8 Å². The Kier molecular flexibility index (Phi) is 5.48. The first kappa shape index (κ1) is 16.4. The zero-order chi connectivity index (χ0) is 16.1. The van der Waals surface area contributed by atoms with Gasteiger partial charge in [-0.05, 0) is 18.8 Å². The lowest BCUT2D eigenvalue weighted by atomic mass is 10.1. The van der Waals surface area contributed by atoms with Crippen molar-refractivity contribution in [2.45, 2.75) is 39.5 Å². The fraction of sp³-hybridized carbons (Fsp3) is 0.571. The molecule has 0 spiro atoms. The topological polar surface area (TPSA) is 100 Å². The van der Waals surface area contributed by atoms with Crippen LogP contribution >= 0.6 is 11.3 Å². The van der Waals surface area contributed by atoms with E-state index in [4.69, 9.17) is 0 Å². The first-order chi connectivity index (χ1) is 10.4. The molecule has 0 unspecified atom stereocenters. The number of carbonyl (C=O) groups is 3. The Morgan fingerprint density at radius 2 is 1.95 bits per heavy atom. The molecule has 8 heteroatoms. The second-order valence-electron chi connectivity index (χ2n) is 5.78. The van der Waals surface area contributed by atoms with Gasteiger partial charge in [0.05, 0.1) is 12.1 Å². The number of nitrogens with zero attached hydrogens (tertiary/aromatic N) is 1. The van der Waals surface area contributed by atoms with Crippen LogP contribution in [0.4, 0.5) is 5.13 Å². The van der Waals surface area contributed by atoms with Gasteiger partial charge < -0.3 is 5.32 Å². The van der Waals surface area contributed by atoms with Crippen molar-refractivity contribution in [3.63, 3.8) is 0 Å². The minimum absolute atomic E-state index is 0.00806. The van der Waals surface area contributed by atoms with E-state index >= 15 is 0 Å². The van der Waals surface area contributed by atoms with E-state index in [1.807, 2.05) is 13.8 Å². The summed E-state index contributed by atoms with van der Waals surface area (Å²) in [6, 6.07) is 0. The van der Waals surface area contributed by atoms with E-state index in [0.717, 1.165) is 12.8 Å². The van der Waals surface area contributed by atoms with Crippen LogP contribution in [0, 0.1) is 11.8 Å². The molecule has 1 fully saturated rings. The van der Waals surface area contributed by atoms with Crippen LogP contribution in [0.25, 0.3) is 0 Å². The lowest BCUT2D eigenvalue weighted by Gasteiger charge is -2.07. The molecule has 3 N–H and O–H groups in total. The molecule has 7 nitrogen and oxygen atoms in total. The monoisotopic (exact) mass is 324 g/mol. The van der Waals surface area contributed by atoms with Gasteiger partial charge in [0.25, 0.3) is 0 Å². The molecule has 1 saturated carbocycles. The fourth-order valence-electron chi connectivity index (χ4n) is 1.77. The summed E-state index contributed by atoms with van der Waals surface area (Å²) in [6.45, 7) is 3.85. The van der Waals surface area contributed by atoms with Crippen molar-refractivity contribution in [3.05, 3.63) is 11.1 Å². The van der Waals surface area contributed by atoms with Gasteiger partial charge >= 0.3 is 0 Å². The molecule has 2 rings (SSSR count). The molecule has 120 valence electrons. The second kappa shape index (κ2) is 7.35.